The van der Waals surface area contributed by atoms with Crippen molar-refractivity contribution in [1.29, 1.82) is 0 Å². The van der Waals surface area contributed by atoms with Gasteiger partial charge in [0, 0.05) is 12.6 Å². The Bertz CT molecular complexity index is 336. The molecule has 1 unspecified atom stereocenters. The molecule has 16 heavy (non-hydrogen) atoms. The molecule has 0 bridgehead atoms. The molecule has 0 amide bonds. The predicted octanol–water partition coefficient (Wildman–Crippen LogP) is 0.987. The molecule has 2 rings (SSSR count). The molecule has 1 aliphatic rings. The summed E-state index contributed by atoms with van der Waals surface area (Å²) >= 11 is 0. The molecule has 90 valence electrons. The summed E-state index contributed by atoms with van der Waals surface area (Å²) in [5.74, 6) is 1.97. The van der Waals surface area contributed by atoms with Gasteiger partial charge in [-0.15, -0.1) is 0 Å². The minimum absolute atomic E-state index is 0.417. The average Bonchev–Trinajstić information content (AvgIpc) is 2.84. The fraction of sp³-hybridized carbons (Fsp3) is 0.818. The molecule has 1 N–H and O–H groups in total. The van der Waals surface area contributed by atoms with Gasteiger partial charge in [-0.2, -0.15) is 4.98 Å². The standard InChI is InChI=1S/C11H20N4O/c1-8(2)15-5-4-9(7-15)11-13-10(6-12-3)14-16-11/h8-9,12H,4-7H2,1-3H3. The van der Waals surface area contributed by atoms with E-state index in [0.717, 1.165) is 31.2 Å². The molecule has 0 spiro atoms. The monoisotopic (exact) mass is 224 g/mol. The zero-order valence-corrected chi connectivity index (χ0v) is 10.2. The molecule has 0 aromatic carbocycles. The van der Waals surface area contributed by atoms with E-state index in [1.165, 1.54) is 0 Å². The Morgan fingerprint density at radius 1 is 1.56 bits per heavy atom. The molecule has 0 radical (unpaired) electrons. The topological polar surface area (TPSA) is 54.2 Å². The molecule has 1 aliphatic heterocycles. The summed E-state index contributed by atoms with van der Waals surface area (Å²) in [5, 5.41) is 6.97. The number of nitrogens with one attached hydrogen (secondary N) is 1. The highest BCUT2D eigenvalue weighted by atomic mass is 16.5. The van der Waals surface area contributed by atoms with Crippen molar-refractivity contribution in [3.8, 4) is 0 Å². The highest BCUT2D eigenvalue weighted by Gasteiger charge is 2.29. The van der Waals surface area contributed by atoms with Gasteiger partial charge < -0.3 is 14.7 Å². The van der Waals surface area contributed by atoms with Gasteiger partial charge >= 0.3 is 0 Å². The first-order valence-electron chi connectivity index (χ1n) is 5.92. The molecule has 5 heteroatoms. The third-order valence-electron chi connectivity index (χ3n) is 3.12. The number of rotatable bonds is 4. The van der Waals surface area contributed by atoms with Crippen molar-refractivity contribution in [3.05, 3.63) is 11.7 Å². The van der Waals surface area contributed by atoms with Gasteiger partial charge in [-0.25, -0.2) is 0 Å². The second-order valence-corrected chi connectivity index (χ2v) is 4.65. The van der Waals surface area contributed by atoms with E-state index in [0.29, 0.717) is 18.5 Å². The minimum atomic E-state index is 0.417. The second kappa shape index (κ2) is 4.93. The molecule has 1 aromatic rings. The SMILES string of the molecule is CNCc1noc(C2CCN(C(C)C)C2)n1. The second-order valence-electron chi connectivity index (χ2n) is 4.65. The Hall–Kier alpha value is -0.940. The molecule has 2 heterocycles. The number of hydrogen-bond acceptors (Lipinski definition) is 5. The van der Waals surface area contributed by atoms with E-state index in [1.54, 1.807) is 0 Å². The van der Waals surface area contributed by atoms with Gasteiger partial charge in [0.1, 0.15) is 0 Å². The molecule has 1 aromatic heterocycles. The van der Waals surface area contributed by atoms with E-state index in [1.807, 2.05) is 7.05 Å². The lowest BCUT2D eigenvalue weighted by atomic mass is 10.1. The average molecular weight is 224 g/mol. The van der Waals surface area contributed by atoms with Crippen LogP contribution in [0.5, 0.6) is 0 Å². The number of aromatic nitrogens is 2. The normalized spacial score (nSPS) is 22.1. The minimum Gasteiger partial charge on any atom is -0.339 e. The molecule has 1 fully saturated rings. The van der Waals surface area contributed by atoms with Crippen molar-refractivity contribution in [2.75, 3.05) is 20.1 Å². The predicted molar refractivity (Wildman–Crippen MR) is 61.1 cm³/mol. The van der Waals surface area contributed by atoms with E-state index in [-0.39, 0.29) is 0 Å². The first-order chi connectivity index (χ1) is 7.70. The summed E-state index contributed by atoms with van der Waals surface area (Å²) < 4.78 is 5.30. The number of hydrogen-bond donors (Lipinski definition) is 1. The van der Waals surface area contributed by atoms with Crippen molar-refractivity contribution >= 4 is 0 Å². The van der Waals surface area contributed by atoms with Gasteiger partial charge in [0.15, 0.2) is 5.82 Å². The fourth-order valence-electron chi connectivity index (χ4n) is 2.12. The molecular formula is C11H20N4O. The van der Waals surface area contributed by atoms with Crippen LogP contribution in [0.15, 0.2) is 4.52 Å². The highest BCUT2D eigenvalue weighted by molar-refractivity contribution is 4.99. The maximum absolute atomic E-state index is 5.30. The van der Waals surface area contributed by atoms with Gasteiger partial charge in [-0.1, -0.05) is 5.16 Å². The Kier molecular flexibility index (Phi) is 3.56. The third-order valence-corrected chi connectivity index (χ3v) is 3.12. The van der Waals surface area contributed by atoms with Crippen molar-refractivity contribution in [1.82, 2.24) is 20.4 Å². The number of likely N-dealkylation sites (tertiary alicyclic amines) is 1. The van der Waals surface area contributed by atoms with Crippen LogP contribution in [0.25, 0.3) is 0 Å². The van der Waals surface area contributed by atoms with Crippen LogP contribution in [-0.4, -0.2) is 41.2 Å². The Labute approximate surface area is 96.2 Å². The summed E-state index contributed by atoms with van der Waals surface area (Å²) in [6, 6.07) is 0.602. The lowest BCUT2D eigenvalue weighted by molar-refractivity contribution is 0.265. The van der Waals surface area contributed by atoms with Crippen LogP contribution >= 0.6 is 0 Å². The van der Waals surface area contributed by atoms with Gasteiger partial charge in [-0.3, -0.25) is 0 Å². The Balaban J connectivity index is 1.97. The van der Waals surface area contributed by atoms with E-state index in [2.05, 4.69) is 34.2 Å². The Morgan fingerprint density at radius 2 is 2.38 bits per heavy atom. The van der Waals surface area contributed by atoms with Crippen LogP contribution in [0.2, 0.25) is 0 Å². The van der Waals surface area contributed by atoms with E-state index < -0.39 is 0 Å². The summed E-state index contributed by atoms with van der Waals surface area (Å²) in [6.07, 6.45) is 1.12. The van der Waals surface area contributed by atoms with Crippen molar-refractivity contribution in [2.45, 2.75) is 38.8 Å². The largest absolute Gasteiger partial charge is 0.339 e. The molecular weight excluding hydrogens is 204 g/mol. The zero-order valence-electron chi connectivity index (χ0n) is 10.2. The summed E-state index contributed by atoms with van der Waals surface area (Å²) in [7, 11) is 1.88. The van der Waals surface area contributed by atoms with E-state index in [9.17, 15) is 0 Å². The molecule has 1 atom stereocenters. The molecule has 0 aliphatic carbocycles. The maximum Gasteiger partial charge on any atom is 0.231 e. The van der Waals surface area contributed by atoms with Gasteiger partial charge in [0.25, 0.3) is 0 Å². The van der Waals surface area contributed by atoms with E-state index in [4.69, 9.17) is 4.52 Å². The zero-order chi connectivity index (χ0) is 11.5. The molecule has 0 saturated carbocycles. The van der Waals surface area contributed by atoms with Crippen LogP contribution in [0.1, 0.15) is 37.9 Å². The summed E-state index contributed by atoms with van der Waals surface area (Å²) in [4.78, 5) is 6.86. The van der Waals surface area contributed by atoms with Gasteiger partial charge in [0.05, 0.1) is 12.5 Å². The smallest absolute Gasteiger partial charge is 0.231 e. The fourth-order valence-corrected chi connectivity index (χ4v) is 2.12. The van der Waals surface area contributed by atoms with Gasteiger partial charge in [0.2, 0.25) is 5.89 Å². The lowest BCUT2D eigenvalue weighted by Crippen LogP contribution is -2.27. The van der Waals surface area contributed by atoms with Crippen LogP contribution in [0.3, 0.4) is 0 Å². The van der Waals surface area contributed by atoms with Crippen molar-refractivity contribution in [2.24, 2.45) is 0 Å². The molecule has 1 saturated heterocycles. The Morgan fingerprint density at radius 3 is 3.00 bits per heavy atom. The van der Waals surface area contributed by atoms with Crippen molar-refractivity contribution < 1.29 is 4.52 Å². The molecule has 5 nitrogen and oxygen atoms in total. The lowest BCUT2D eigenvalue weighted by Gasteiger charge is -2.19. The van der Waals surface area contributed by atoms with E-state index >= 15 is 0 Å². The van der Waals surface area contributed by atoms with Crippen LogP contribution in [0.4, 0.5) is 0 Å². The first kappa shape index (κ1) is 11.5. The van der Waals surface area contributed by atoms with Crippen molar-refractivity contribution in [3.63, 3.8) is 0 Å². The summed E-state index contributed by atoms with van der Waals surface area (Å²) in [5.41, 5.74) is 0. The summed E-state index contributed by atoms with van der Waals surface area (Å²) in [6.45, 7) is 7.29. The maximum atomic E-state index is 5.30. The highest BCUT2D eigenvalue weighted by Crippen LogP contribution is 2.26. The third kappa shape index (κ3) is 2.41. The quantitative estimate of drug-likeness (QED) is 0.826. The number of nitrogens with zero attached hydrogens (tertiary/aromatic N) is 3. The first-order valence-corrected chi connectivity index (χ1v) is 5.92. The van der Waals surface area contributed by atoms with Crippen LogP contribution in [-0.2, 0) is 6.54 Å². The van der Waals surface area contributed by atoms with Crippen LogP contribution in [0, 0.1) is 0 Å². The van der Waals surface area contributed by atoms with Gasteiger partial charge in [-0.05, 0) is 33.9 Å². The van der Waals surface area contributed by atoms with Crippen LogP contribution < -0.4 is 5.32 Å².